The third-order valence-corrected chi connectivity index (χ3v) is 3.55. The summed E-state index contributed by atoms with van der Waals surface area (Å²) >= 11 is 0. The number of aliphatic hydroxyl groups excluding tert-OH is 1. The van der Waals surface area contributed by atoms with E-state index in [2.05, 4.69) is 4.98 Å². The Morgan fingerprint density at radius 1 is 1.33 bits per heavy atom. The highest BCUT2D eigenvalue weighted by molar-refractivity contribution is 5.28. The lowest BCUT2D eigenvalue weighted by Crippen LogP contribution is -2.14. The molecule has 1 atom stereocenters. The van der Waals surface area contributed by atoms with Gasteiger partial charge in [0.25, 0.3) is 0 Å². The quantitative estimate of drug-likeness (QED) is 0.897. The van der Waals surface area contributed by atoms with Crippen molar-refractivity contribution in [1.82, 2.24) is 4.98 Å². The zero-order valence-corrected chi connectivity index (χ0v) is 9.95. The lowest BCUT2D eigenvalue weighted by atomic mass is 9.94. The standard InChI is InChI=1S/C13H16F3NO/c14-13(15,16)11-5-6-17-8-10(11)12(18)7-9-3-1-2-4-9/h5-6,8-9,12,18H,1-4,7H2. The van der Waals surface area contributed by atoms with Crippen LogP contribution >= 0.6 is 0 Å². The Bertz CT molecular complexity index is 399. The van der Waals surface area contributed by atoms with Crippen molar-refractivity contribution in [2.45, 2.75) is 44.4 Å². The molecule has 2 rings (SSSR count). The SMILES string of the molecule is OC(CC1CCCC1)c1cnccc1C(F)(F)F. The molecule has 0 bridgehead atoms. The molecule has 2 nitrogen and oxygen atoms in total. The van der Waals surface area contributed by atoms with Crippen LogP contribution in [0, 0.1) is 5.92 Å². The topological polar surface area (TPSA) is 33.1 Å². The van der Waals surface area contributed by atoms with Gasteiger partial charge in [-0.05, 0) is 18.4 Å². The van der Waals surface area contributed by atoms with Gasteiger partial charge in [-0.15, -0.1) is 0 Å². The summed E-state index contributed by atoms with van der Waals surface area (Å²) < 4.78 is 38.4. The average Bonchev–Trinajstić information content (AvgIpc) is 2.80. The van der Waals surface area contributed by atoms with Gasteiger partial charge in [-0.2, -0.15) is 13.2 Å². The number of hydrogen-bond donors (Lipinski definition) is 1. The van der Waals surface area contributed by atoms with Crippen LogP contribution in [0.4, 0.5) is 13.2 Å². The second-order valence-corrected chi connectivity index (χ2v) is 4.86. The van der Waals surface area contributed by atoms with E-state index in [9.17, 15) is 18.3 Å². The second kappa shape index (κ2) is 5.26. The lowest BCUT2D eigenvalue weighted by molar-refractivity contribution is -0.139. The maximum absolute atomic E-state index is 12.8. The highest BCUT2D eigenvalue weighted by Gasteiger charge is 2.35. The van der Waals surface area contributed by atoms with Crippen molar-refractivity contribution in [2.75, 3.05) is 0 Å². The van der Waals surface area contributed by atoms with Crippen molar-refractivity contribution >= 4 is 0 Å². The van der Waals surface area contributed by atoms with Crippen molar-refractivity contribution in [3.63, 3.8) is 0 Å². The van der Waals surface area contributed by atoms with Gasteiger partial charge in [-0.3, -0.25) is 4.98 Å². The minimum absolute atomic E-state index is 0.100. The maximum atomic E-state index is 12.8. The van der Waals surface area contributed by atoms with E-state index >= 15 is 0 Å². The van der Waals surface area contributed by atoms with E-state index in [0.29, 0.717) is 12.3 Å². The van der Waals surface area contributed by atoms with Crippen LogP contribution in [0.2, 0.25) is 0 Å². The third kappa shape index (κ3) is 3.02. The van der Waals surface area contributed by atoms with Gasteiger partial charge in [0.15, 0.2) is 0 Å². The minimum Gasteiger partial charge on any atom is -0.388 e. The maximum Gasteiger partial charge on any atom is 0.416 e. The van der Waals surface area contributed by atoms with Crippen LogP contribution in [0.15, 0.2) is 18.5 Å². The average molecular weight is 259 g/mol. The smallest absolute Gasteiger partial charge is 0.388 e. The monoisotopic (exact) mass is 259 g/mol. The van der Waals surface area contributed by atoms with Gasteiger partial charge in [-0.25, -0.2) is 0 Å². The number of alkyl halides is 3. The van der Waals surface area contributed by atoms with E-state index in [1.54, 1.807) is 0 Å². The molecule has 18 heavy (non-hydrogen) atoms. The predicted octanol–water partition coefficient (Wildman–Crippen LogP) is 3.71. The Morgan fingerprint density at radius 2 is 2.00 bits per heavy atom. The summed E-state index contributed by atoms with van der Waals surface area (Å²) in [6.07, 6.45) is 1.34. The minimum atomic E-state index is -4.44. The van der Waals surface area contributed by atoms with Gasteiger partial charge in [0, 0.05) is 18.0 Å². The summed E-state index contributed by atoms with van der Waals surface area (Å²) in [6, 6.07) is 0.924. The zero-order chi connectivity index (χ0) is 13.2. The van der Waals surface area contributed by atoms with Crippen LogP contribution in [0.3, 0.4) is 0 Å². The molecule has 1 fully saturated rings. The summed E-state index contributed by atoms with van der Waals surface area (Å²) in [7, 11) is 0. The zero-order valence-electron chi connectivity index (χ0n) is 9.95. The summed E-state index contributed by atoms with van der Waals surface area (Å²) in [5.74, 6) is 0.335. The Morgan fingerprint density at radius 3 is 2.61 bits per heavy atom. The molecule has 1 N–H and O–H groups in total. The molecule has 1 saturated carbocycles. The van der Waals surface area contributed by atoms with E-state index in [0.717, 1.165) is 44.1 Å². The molecule has 0 saturated heterocycles. The molecule has 5 heteroatoms. The van der Waals surface area contributed by atoms with Gasteiger partial charge >= 0.3 is 6.18 Å². The van der Waals surface area contributed by atoms with Crippen LogP contribution in [0.5, 0.6) is 0 Å². The Kier molecular flexibility index (Phi) is 3.90. The number of hydrogen-bond acceptors (Lipinski definition) is 2. The first-order valence-corrected chi connectivity index (χ1v) is 6.17. The fourth-order valence-corrected chi connectivity index (χ4v) is 2.62. The largest absolute Gasteiger partial charge is 0.416 e. The number of nitrogens with zero attached hydrogens (tertiary/aromatic N) is 1. The van der Waals surface area contributed by atoms with Crippen molar-refractivity contribution in [2.24, 2.45) is 5.92 Å². The number of aromatic nitrogens is 1. The van der Waals surface area contributed by atoms with Gasteiger partial charge in [0.2, 0.25) is 0 Å². The molecule has 0 amide bonds. The van der Waals surface area contributed by atoms with Crippen molar-refractivity contribution in [3.05, 3.63) is 29.6 Å². The fourth-order valence-electron chi connectivity index (χ4n) is 2.62. The molecule has 0 radical (unpaired) electrons. The summed E-state index contributed by atoms with van der Waals surface area (Å²) in [5.41, 5.74) is -0.875. The molecular weight excluding hydrogens is 243 g/mol. The molecule has 1 aliphatic rings. The van der Waals surface area contributed by atoms with Crippen molar-refractivity contribution < 1.29 is 18.3 Å². The third-order valence-electron chi connectivity index (χ3n) is 3.55. The van der Waals surface area contributed by atoms with Gasteiger partial charge in [0.1, 0.15) is 0 Å². The van der Waals surface area contributed by atoms with Crippen LogP contribution in [-0.2, 0) is 6.18 Å². The highest BCUT2D eigenvalue weighted by atomic mass is 19.4. The molecule has 1 aromatic heterocycles. The van der Waals surface area contributed by atoms with Crippen LogP contribution in [-0.4, -0.2) is 10.1 Å². The molecule has 1 unspecified atom stereocenters. The second-order valence-electron chi connectivity index (χ2n) is 4.86. The molecule has 0 aliphatic heterocycles. The van der Waals surface area contributed by atoms with Crippen LogP contribution in [0.25, 0.3) is 0 Å². The van der Waals surface area contributed by atoms with Gasteiger partial charge in [-0.1, -0.05) is 25.7 Å². The number of halogens is 3. The molecule has 0 aromatic carbocycles. The Balaban J connectivity index is 2.16. The first-order chi connectivity index (χ1) is 8.48. The van der Waals surface area contributed by atoms with Crippen molar-refractivity contribution in [3.8, 4) is 0 Å². The Labute approximate surface area is 104 Å². The highest BCUT2D eigenvalue weighted by Crippen LogP contribution is 2.38. The summed E-state index contributed by atoms with van der Waals surface area (Å²) in [4.78, 5) is 3.69. The van der Waals surface area contributed by atoms with Crippen LogP contribution < -0.4 is 0 Å². The normalized spacial score (nSPS) is 19.1. The first kappa shape index (κ1) is 13.3. The van der Waals surface area contributed by atoms with Gasteiger partial charge < -0.3 is 5.11 Å². The molecule has 100 valence electrons. The lowest BCUT2D eigenvalue weighted by Gasteiger charge is -2.19. The fraction of sp³-hybridized carbons (Fsp3) is 0.615. The molecular formula is C13H16F3NO. The molecule has 1 heterocycles. The summed E-state index contributed by atoms with van der Waals surface area (Å²) in [6.45, 7) is 0. The number of rotatable bonds is 3. The van der Waals surface area contributed by atoms with E-state index in [4.69, 9.17) is 0 Å². The van der Waals surface area contributed by atoms with E-state index < -0.39 is 17.8 Å². The molecule has 0 spiro atoms. The molecule has 1 aromatic rings. The number of pyridine rings is 1. The molecule has 1 aliphatic carbocycles. The Hall–Kier alpha value is -1.10. The van der Waals surface area contributed by atoms with E-state index in [1.807, 2.05) is 0 Å². The van der Waals surface area contributed by atoms with Crippen molar-refractivity contribution in [1.29, 1.82) is 0 Å². The van der Waals surface area contributed by atoms with E-state index in [1.165, 1.54) is 0 Å². The predicted molar refractivity (Wildman–Crippen MR) is 60.8 cm³/mol. The van der Waals surface area contributed by atoms with E-state index in [-0.39, 0.29) is 5.56 Å². The van der Waals surface area contributed by atoms with Gasteiger partial charge in [0.05, 0.1) is 11.7 Å². The first-order valence-electron chi connectivity index (χ1n) is 6.17. The van der Waals surface area contributed by atoms with Crippen LogP contribution in [0.1, 0.15) is 49.3 Å². The summed E-state index contributed by atoms with van der Waals surface area (Å²) in [5, 5.41) is 9.99. The number of aliphatic hydroxyl groups is 1.